The van der Waals surface area contributed by atoms with Crippen LogP contribution in [0.4, 0.5) is 5.69 Å². The Hall–Kier alpha value is -1.42. The molecular weight excluding hydrogens is 232 g/mol. The van der Waals surface area contributed by atoms with Gasteiger partial charge in [0.15, 0.2) is 0 Å². The molecule has 0 unspecified atom stereocenters. The lowest BCUT2D eigenvalue weighted by Gasteiger charge is -2.08. The van der Waals surface area contributed by atoms with Gasteiger partial charge in [0.2, 0.25) is 5.89 Å². The minimum Gasteiger partial charge on any atom is -0.444 e. The van der Waals surface area contributed by atoms with Gasteiger partial charge in [0.05, 0.1) is 12.2 Å². The van der Waals surface area contributed by atoms with Crippen LogP contribution in [-0.4, -0.2) is 11.2 Å². The first-order valence-electron chi connectivity index (χ1n) is 5.50. The van der Waals surface area contributed by atoms with Crippen molar-refractivity contribution in [2.24, 2.45) is 0 Å². The van der Waals surface area contributed by atoms with Crippen molar-refractivity contribution in [1.29, 1.82) is 0 Å². The maximum absolute atomic E-state index is 5.53. The predicted molar refractivity (Wildman–Crippen MR) is 71.5 cm³/mol. The summed E-state index contributed by atoms with van der Waals surface area (Å²) in [6.45, 7) is 4.51. The molecule has 0 spiro atoms. The van der Waals surface area contributed by atoms with Crippen LogP contribution in [0.3, 0.4) is 0 Å². The summed E-state index contributed by atoms with van der Waals surface area (Å²) in [6, 6.07) is 8.22. The number of anilines is 1. The van der Waals surface area contributed by atoms with E-state index in [1.54, 1.807) is 11.8 Å². The van der Waals surface area contributed by atoms with E-state index in [9.17, 15) is 0 Å². The molecule has 17 heavy (non-hydrogen) atoms. The topological polar surface area (TPSA) is 38.1 Å². The average molecular weight is 248 g/mol. The number of nitrogens with one attached hydrogen (secondary N) is 1. The zero-order valence-corrected chi connectivity index (χ0v) is 11.1. The first-order valence-corrected chi connectivity index (χ1v) is 6.73. The lowest BCUT2D eigenvalue weighted by Crippen LogP contribution is -2.00. The molecule has 2 aromatic rings. The van der Waals surface area contributed by atoms with Crippen LogP contribution in [0.1, 0.15) is 17.3 Å². The van der Waals surface area contributed by atoms with E-state index in [-0.39, 0.29) is 0 Å². The predicted octanol–water partition coefficient (Wildman–Crippen LogP) is 3.63. The summed E-state index contributed by atoms with van der Waals surface area (Å²) in [4.78, 5) is 5.57. The molecule has 1 aromatic heterocycles. The first kappa shape index (κ1) is 12.0. The number of para-hydroxylation sites is 1. The van der Waals surface area contributed by atoms with Gasteiger partial charge in [-0.1, -0.05) is 12.1 Å². The van der Waals surface area contributed by atoms with Crippen LogP contribution in [0.15, 0.2) is 33.6 Å². The molecule has 2 rings (SSSR count). The number of hydrogen-bond donors (Lipinski definition) is 1. The molecule has 0 fully saturated rings. The summed E-state index contributed by atoms with van der Waals surface area (Å²) in [5, 5.41) is 3.34. The molecule has 3 nitrogen and oxygen atoms in total. The van der Waals surface area contributed by atoms with E-state index in [1.807, 2.05) is 26.0 Å². The fraction of sp³-hybridized carbons (Fsp3) is 0.308. The van der Waals surface area contributed by atoms with Crippen molar-refractivity contribution in [3.8, 4) is 0 Å². The van der Waals surface area contributed by atoms with Crippen LogP contribution in [0, 0.1) is 13.8 Å². The third-order valence-corrected chi connectivity index (χ3v) is 3.41. The van der Waals surface area contributed by atoms with Crippen LogP contribution >= 0.6 is 11.8 Å². The summed E-state index contributed by atoms with van der Waals surface area (Å²) >= 11 is 1.73. The number of aromatic nitrogens is 1. The van der Waals surface area contributed by atoms with Crippen LogP contribution in [0.5, 0.6) is 0 Å². The molecule has 0 atom stereocenters. The number of thioether (sulfide) groups is 1. The highest BCUT2D eigenvalue weighted by atomic mass is 32.2. The van der Waals surface area contributed by atoms with Crippen molar-refractivity contribution < 1.29 is 4.42 Å². The molecule has 1 aromatic carbocycles. The number of oxazole rings is 1. The fourth-order valence-corrected chi connectivity index (χ4v) is 2.15. The van der Waals surface area contributed by atoms with Gasteiger partial charge in [0.25, 0.3) is 0 Å². The van der Waals surface area contributed by atoms with Crippen LogP contribution in [0.2, 0.25) is 0 Å². The molecular formula is C13H16N2OS. The Kier molecular flexibility index (Phi) is 3.74. The van der Waals surface area contributed by atoms with Gasteiger partial charge in [0, 0.05) is 10.6 Å². The van der Waals surface area contributed by atoms with E-state index in [2.05, 4.69) is 28.7 Å². The van der Waals surface area contributed by atoms with E-state index in [1.165, 1.54) is 4.90 Å². The van der Waals surface area contributed by atoms with Gasteiger partial charge in [-0.25, -0.2) is 4.98 Å². The molecule has 4 heteroatoms. The van der Waals surface area contributed by atoms with Gasteiger partial charge in [-0.05, 0) is 32.2 Å². The van der Waals surface area contributed by atoms with Crippen molar-refractivity contribution in [3.63, 3.8) is 0 Å². The Bertz CT molecular complexity index is 488. The van der Waals surface area contributed by atoms with Gasteiger partial charge in [0.1, 0.15) is 5.76 Å². The smallest absolute Gasteiger partial charge is 0.213 e. The van der Waals surface area contributed by atoms with E-state index in [4.69, 9.17) is 4.42 Å². The summed E-state index contributed by atoms with van der Waals surface area (Å²) in [7, 11) is 0. The highest BCUT2D eigenvalue weighted by molar-refractivity contribution is 7.98. The lowest BCUT2D eigenvalue weighted by atomic mass is 10.3. The van der Waals surface area contributed by atoms with Crippen molar-refractivity contribution in [1.82, 2.24) is 4.98 Å². The SMILES string of the molecule is CSc1ccccc1NCc1nc(C)c(C)o1. The molecule has 0 saturated heterocycles. The Morgan fingerprint density at radius 2 is 2.06 bits per heavy atom. The quantitative estimate of drug-likeness (QED) is 0.839. The Morgan fingerprint density at radius 3 is 2.71 bits per heavy atom. The summed E-state index contributed by atoms with van der Waals surface area (Å²) in [5.41, 5.74) is 2.08. The molecule has 0 aliphatic heterocycles. The number of benzene rings is 1. The second-order valence-corrected chi connectivity index (χ2v) is 4.65. The zero-order valence-electron chi connectivity index (χ0n) is 10.3. The van der Waals surface area contributed by atoms with Crippen LogP contribution < -0.4 is 5.32 Å². The Morgan fingerprint density at radius 1 is 1.29 bits per heavy atom. The molecule has 0 aliphatic rings. The van der Waals surface area contributed by atoms with Crippen molar-refractivity contribution in [2.45, 2.75) is 25.3 Å². The zero-order chi connectivity index (χ0) is 12.3. The standard InChI is InChI=1S/C13H16N2OS/c1-9-10(2)16-13(15-9)8-14-11-6-4-5-7-12(11)17-3/h4-7,14H,8H2,1-3H3. The monoisotopic (exact) mass is 248 g/mol. The average Bonchev–Trinajstić information content (AvgIpc) is 2.66. The second kappa shape index (κ2) is 5.27. The summed E-state index contributed by atoms with van der Waals surface area (Å²) in [6.07, 6.45) is 2.07. The molecule has 0 radical (unpaired) electrons. The van der Waals surface area contributed by atoms with Gasteiger partial charge < -0.3 is 9.73 Å². The van der Waals surface area contributed by atoms with Gasteiger partial charge in [-0.2, -0.15) is 0 Å². The number of rotatable bonds is 4. The molecule has 0 saturated carbocycles. The van der Waals surface area contributed by atoms with Gasteiger partial charge in [-0.3, -0.25) is 0 Å². The van der Waals surface area contributed by atoms with Crippen LogP contribution in [-0.2, 0) is 6.54 Å². The van der Waals surface area contributed by atoms with Crippen LogP contribution in [0.25, 0.3) is 0 Å². The van der Waals surface area contributed by atoms with Gasteiger partial charge >= 0.3 is 0 Å². The third kappa shape index (κ3) is 2.82. The van der Waals surface area contributed by atoms with E-state index >= 15 is 0 Å². The molecule has 0 amide bonds. The summed E-state index contributed by atoms with van der Waals surface area (Å²) in [5.74, 6) is 1.62. The second-order valence-electron chi connectivity index (χ2n) is 3.80. The number of hydrogen-bond acceptors (Lipinski definition) is 4. The third-order valence-electron chi connectivity index (χ3n) is 2.61. The maximum Gasteiger partial charge on any atom is 0.213 e. The first-order chi connectivity index (χ1) is 8.20. The van der Waals surface area contributed by atoms with E-state index in [0.29, 0.717) is 6.54 Å². The normalized spacial score (nSPS) is 10.5. The Labute approximate surface area is 106 Å². The highest BCUT2D eigenvalue weighted by Crippen LogP contribution is 2.25. The number of nitrogens with zero attached hydrogens (tertiary/aromatic N) is 1. The van der Waals surface area contributed by atoms with Crippen molar-refractivity contribution in [2.75, 3.05) is 11.6 Å². The van der Waals surface area contributed by atoms with Crippen molar-refractivity contribution >= 4 is 17.4 Å². The fourth-order valence-electron chi connectivity index (χ4n) is 1.58. The Balaban J connectivity index is 2.07. The summed E-state index contributed by atoms with van der Waals surface area (Å²) < 4.78 is 5.53. The minimum atomic E-state index is 0.617. The largest absolute Gasteiger partial charge is 0.444 e. The van der Waals surface area contributed by atoms with E-state index < -0.39 is 0 Å². The molecule has 1 N–H and O–H groups in total. The molecule has 0 bridgehead atoms. The lowest BCUT2D eigenvalue weighted by molar-refractivity contribution is 0.478. The van der Waals surface area contributed by atoms with E-state index in [0.717, 1.165) is 23.0 Å². The van der Waals surface area contributed by atoms with Gasteiger partial charge in [-0.15, -0.1) is 11.8 Å². The highest BCUT2D eigenvalue weighted by Gasteiger charge is 2.06. The maximum atomic E-state index is 5.53. The minimum absolute atomic E-state index is 0.617. The number of aryl methyl sites for hydroxylation is 2. The van der Waals surface area contributed by atoms with Crippen molar-refractivity contribution in [3.05, 3.63) is 41.6 Å². The molecule has 1 heterocycles. The molecule has 0 aliphatic carbocycles. The molecule has 90 valence electrons.